The van der Waals surface area contributed by atoms with Gasteiger partial charge < -0.3 is 29.2 Å². The molecule has 0 aliphatic carbocycles. The number of H-pyrrole nitrogens is 1. The van der Waals surface area contributed by atoms with Crippen molar-refractivity contribution in [2.24, 2.45) is 17.8 Å². The van der Waals surface area contributed by atoms with E-state index in [4.69, 9.17) is 23.5 Å². The maximum Gasteiger partial charge on any atom is 0.398 e. The molecule has 10 rings (SSSR count). The molecule has 1 spiro atoms. The predicted octanol–water partition coefficient (Wildman–Crippen LogP) is 7.77. The molecule has 274 valence electrons. The predicted molar refractivity (Wildman–Crippen MR) is 188 cm³/mol. The quantitative estimate of drug-likeness (QED) is 0.119. The normalized spacial score (nSPS) is 22.5. The van der Waals surface area contributed by atoms with Crippen molar-refractivity contribution < 1.29 is 36.5 Å². The fraction of sp³-hybridized carbons (Fsp3) is 0.308. The number of para-hydroxylation sites is 1. The van der Waals surface area contributed by atoms with Crippen LogP contribution < -0.4 is 15.4 Å². The number of nitrogens with one attached hydrogen (secondary N) is 3. The maximum absolute atomic E-state index is 14.2. The van der Waals surface area contributed by atoms with E-state index in [1.807, 2.05) is 62.5 Å². The zero-order chi connectivity index (χ0) is 37.3. The van der Waals surface area contributed by atoms with Crippen LogP contribution in [0.4, 0.5) is 18.9 Å². The van der Waals surface area contributed by atoms with Gasteiger partial charge in [0.25, 0.3) is 0 Å². The van der Waals surface area contributed by atoms with Crippen molar-refractivity contribution in [2.45, 2.75) is 50.6 Å². The third-order valence-electron chi connectivity index (χ3n) is 11.3. The summed E-state index contributed by atoms with van der Waals surface area (Å²) < 4.78 is 62.8. The SMILES string of the molecule is CC(C)[C@@H]1NC(=O)C(CC(C[N+](=O)[O-])C(F)(F)F)Cc2ccc3c(c2)C24c5cccc(c5N[C@H]2O3)-c2cccc3[nH]cc(c23)-c2cnc(o2)-c2nc1oc24. The molecule has 0 saturated carbocycles. The summed E-state index contributed by atoms with van der Waals surface area (Å²) in [6.45, 7) is 2.32. The van der Waals surface area contributed by atoms with Gasteiger partial charge in [-0.05, 0) is 42.0 Å². The largest absolute Gasteiger partial charge is 0.469 e. The fourth-order valence-corrected chi connectivity index (χ4v) is 8.83. The van der Waals surface area contributed by atoms with Gasteiger partial charge in [-0.15, -0.1) is 0 Å². The van der Waals surface area contributed by atoms with E-state index in [1.165, 1.54) is 0 Å². The van der Waals surface area contributed by atoms with E-state index in [0.717, 1.165) is 38.8 Å². The lowest BCUT2D eigenvalue weighted by molar-refractivity contribution is -0.498. The van der Waals surface area contributed by atoms with Crippen molar-refractivity contribution in [3.05, 3.63) is 105 Å². The lowest BCUT2D eigenvalue weighted by Gasteiger charge is -2.29. The molecule has 5 atom stereocenters. The molecule has 3 unspecified atom stereocenters. The van der Waals surface area contributed by atoms with Gasteiger partial charge in [0.1, 0.15) is 23.1 Å². The van der Waals surface area contributed by atoms with Crippen molar-refractivity contribution in [1.29, 1.82) is 0 Å². The summed E-state index contributed by atoms with van der Waals surface area (Å²) in [7, 11) is 0. The third-order valence-corrected chi connectivity index (χ3v) is 11.3. The zero-order valence-electron chi connectivity index (χ0n) is 28.8. The molecule has 0 saturated heterocycles. The molecule has 10 bridgehead atoms. The van der Waals surface area contributed by atoms with Gasteiger partial charge >= 0.3 is 6.18 Å². The summed E-state index contributed by atoms with van der Waals surface area (Å²) in [5.41, 5.74) is 5.41. The average molecular weight is 737 g/mol. The Balaban J connectivity index is 1.26. The average Bonchev–Trinajstić information content (AvgIpc) is 3.95. The molecule has 3 N–H and O–H groups in total. The first kappa shape index (κ1) is 32.5. The Morgan fingerprint density at radius 2 is 1.85 bits per heavy atom. The highest BCUT2D eigenvalue weighted by Gasteiger charge is 2.62. The van der Waals surface area contributed by atoms with Crippen molar-refractivity contribution >= 4 is 22.5 Å². The number of benzene rings is 3. The second-order valence-electron chi connectivity index (χ2n) is 14.8. The molecule has 54 heavy (non-hydrogen) atoms. The van der Waals surface area contributed by atoms with E-state index in [-0.39, 0.29) is 29.8 Å². The molecule has 0 radical (unpaired) electrons. The number of ether oxygens (including phenoxy) is 1. The van der Waals surface area contributed by atoms with E-state index < -0.39 is 59.5 Å². The van der Waals surface area contributed by atoms with Crippen LogP contribution in [0.2, 0.25) is 0 Å². The summed E-state index contributed by atoms with van der Waals surface area (Å²) in [4.78, 5) is 37.6. The number of carbonyl (C=O) groups is 1. The van der Waals surface area contributed by atoms with E-state index in [2.05, 4.69) is 15.6 Å². The van der Waals surface area contributed by atoms with Gasteiger partial charge in [0.2, 0.25) is 24.2 Å². The van der Waals surface area contributed by atoms with Crippen LogP contribution in [0.5, 0.6) is 5.75 Å². The summed E-state index contributed by atoms with van der Waals surface area (Å²) in [5, 5.41) is 18.9. The Hall–Kier alpha value is -6.12. The Bertz CT molecular complexity index is 2550. The number of amides is 1. The number of oxazole rings is 2. The second-order valence-corrected chi connectivity index (χ2v) is 14.8. The van der Waals surface area contributed by atoms with Crippen LogP contribution in [0.3, 0.4) is 0 Å². The van der Waals surface area contributed by atoms with Gasteiger partial charge in [0.05, 0.1) is 6.20 Å². The van der Waals surface area contributed by atoms with Gasteiger partial charge in [-0.25, -0.2) is 9.97 Å². The standard InChI is InChI=1S/C39H31F3N6O6/c1-17(2)30-36-46-32-33(54-36)38-24-7-3-6-22(21-5-4-8-26-29(21)23(14-43-26)28-15-44-35(32)52-28)31(24)47-37(38)53-27-10-9-18(12-25(27)38)11-19(34(49)45-30)13-20(16-48(50)51)39(40,41)42/h3-10,12,14-15,17,19-20,30,37,43,47H,11,13,16H2,1-2H3,(H,45,49)/t19?,20?,30-,37-,38?/m0/s1. The molecule has 6 aromatic rings. The number of alkyl halides is 3. The van der Waals surface area contributed by atoms with Gasteiger partial charge in [0, 0.05) is 55.9 Å². The van der Waals surface area contributed by atoms with Crippen LogP contribution in [0.25, 0.3) is 44.9 Å². The number of fused-ring (bicyclic) bond motifs is 7. The minimum absolute atomic E-state index is 0.101. The molecular weight excluding hydrogens is 705 g/mol. The minimum Gasteiger partial charge on any atom is -0.469 e. The molecule has 0 fully saturated rings. The van der Waals surface area contributed by atoms with E-state index >= 15 is 0 Å². The maximum atomic E-state index is 14.2. The molecule has 4 aliphatic rings. The molecule has 15 heteroatoms. The Kier molecular flexibility index (Phi) is 6.74. The first-order valence-corrected chi connectivity index (χ1v) is 17.7. The highest BCUT2D eigenvalue weighted by molar-refractivity contribution is 6.07. The van der Waals surface area contributed by atoms with Crippen LogP contribution in [-0.2, 0) is 16.6 Å². The zero-order valence-corrected chi connectivity index (χ0v) is 28.8. The van der Waals surface area contributed by atoms with E-state index in [9.17, 15) is 28.1 Å². The van der Waals surface area contributed by atoms with Crippen LogP contribution in [0, 0.1) is 27.9 Å². The first-order chi connectivity index (χ1) is 25.9. The monoisotopic (exact) mass is 736 g/mol. The molecule has 3 aromatic carbocycles. The molecule has 3 aromatic heterocycles. The van der Waals surface area contributed by atoms with Crippen molar-refractivity contribution in [2.75, 3.05) is 11.9 Å². The Morgan fingerprint density at radius 1 is 1.04 bits per heavy atom. The van der Waals surface area contributed by atoms with Crippen LogP contribution in [0.1, 0.15) is 54.7 Å². The Morgan fingerprint density at radius 3 is 2.65 bits per heavy atom. The number of anilines is 1. The highest BCUT2D eigenvalue weighted by Crippen LogP contribution is 2.61. The van der Waals surface area contributed by atoms with Gasteiger partial charge in [-0.2, -0.15) is 13.2 Å². The summed E-state index contributed by atoms with van der Waals surface area (Å²) in [6.07, 6.45) is -3.06. The van der Waals surface area contributed by atoms with Gasteiger partial charge in [-0.3, -0.25) is 14.9 Å². The number of carbonyl (C=O) groups excluding carboxylic acids is 1. The lowest BCUT2D eigenvalue weighted by atomic mass is 9.72. The molecular formula is C39H31F3N6O6. The van der Waals surface area contributed by atoms with Crippen molar-refractivity contribution in [1.82, 2.24) is 20.3 Å². The number of rotatable bonds is 5. The summed E-state index contributed by atoms with van der Waals surface area (Å²) in [6, 6.07) is 16.4. The molecule has 12 nitrogen and oxygen atoms in total. The number of hydrogen-bond donors (Lipinski definition) is 3. The van der Waals surface area contributed by atoms with Crippen molar-refractivity contribution in [3.8, 4) is 39.8 Å². The molecule has 7 heterocycles. The molecule has 1 amide bonds. The number of halogens is 3. The van der Waals surface area contributed by atoms with Crippen LogP contribution in [-0.4, -0.2) is 44.7 Å². The third kappa shape index (κ3) is 4.53. The fourth-order valence-electron chi connectivity index (χ4n) is 8.83. The minimum atomic E-state index is -4.90. The highest BCUT2D eigenvalue weighted by atomic mass is 19.4. The van der Waals surface area contributed by atoms with Gasteiger partial charge in [0.15, 0.2) is 23.4 Å². The van der Waals surface area contributed by atoms with E-state index in [1.54, 1.807) is 18.3 Å². The van der Waals surface area contributed by atoms with Crippen LogP contribution >= 0.6 is 0 Å². The molecule has 4 aliphatic heterocycles. The smallest absolute Gasteiger partial charge is 0.398 e. The van der Waals surface area contributed by atoms with Gasteiger partial charge in [-0.1, -0.05) is 56.3 Å². The van der Waals surface area contributed by atoms with E-state index in [0.29, 0.717) is 28.4 Å². The summed E-state index contributed by atoms with van der Waals surface area (Å²) in [5.74, 6) is -3.04. The topological polar surface area (TPSA) is 161 Å². The number of nitrogens with zero attached hydrogens (tertiary/aromatic N) is 3. The first-order valence-electron chi connectivity index (χ1n) is 17.7. The second kappa shape index (κ2) is 11.2. The Labute approximate surface area is 304 Å². The number of aromatic nitrogens is 3. The summed E-state index contributed by atoms with van der Waals surface area (Å²) >= 11 is 0. The number of nitro groups is 1. The number of hydrogen-bond acceptors (Lipinski definition) is 9. The van der Waals surface area contributed by atoms with Crippen LogP contribution in [0.15, 0.2) is 75.8 Å². The lowest BCUT2D eigenvalue weighted by Crippen LogP contribution is -2.41. The number of aromatic amines is 1. The van der Waals surface area contributed by atoms with Crippen molar-refractivity contribution in [3.63, 3.8) is 0 Å².